The first-order valence-corrected chi connectivity index (χ1v) is 7.90. The predicted molar refractivity (Wildman–Crippen MR) is 70.9 cm³/mol. The average Bonchev–Trinajstić information content (AvgIpc) is 2.48. The van der Waals surface area contributed by atoms with Crippen LogP contribution >= 0.6 is 11.8 Å². The van der Waals surface area contributed by atoms with Gasteiger partial charge in [-0.3, -0.25) is 0 Å². The Morgan fingerprint density at radius 2 is 2.06 bits per heavy atom. The summed E-state index contributed by atoms with van der Waals surface area (Å²) in [7, 11) is -3.36. The van der Waals surface area contributed by atoms with Gasteiger partial charge in [-0.25, -0.2) is 8.42 Å². The van der Waals surface area contributed by atoms with Gasteiger partial charge in [-0.15, -0.1) is 0 Å². The molecule has 0 fully saturated rings. The van der Waals surface area contributed by atoms with E-state index >= 15 is 0 Å². The molecular formula is C12H14O3S2. The molecule has 1 aliphatic rings. The van der Waals surface area contributed by atoms with Crippen molar-refractivity contribution in [2.24, 2.45) is 0 Å². The van der Waals surface area contributed by atoms with Crippen LogP contribution in [0.15, 0.2) is 28.5 Å². The highest BCUT2D eigenvalue weighted by molar-refractivity contribution is 8.00. The van der Waals surface area contributed by atoms with Crippen LogP contribution in [0, 0.1) is 0 Å². The second kappa shape index (κ2) is 4.38. The summed E-state index contributed by atoms with van der Waals surface area (Å²) in [5, 5.41) is 11.1. The zero-order valence-corrected chi connectivity index (χ0v) is 11.3. The first-order valence-electron chi connectivity index (χ1n) is 5.31. The highest BCUT2D eigenvalue weighted by Crippen LogP contribution is 2.37. The lowest BCUT2D eigenvalue weighted by Gasteiger charge is -2.06. The number of benzene rings is 1. The molecule has 0 amide bonds. The Balaban J connectivity index is 2.40. The molecule has 0 atom stereocenters. The largest absolute Gasteiger partial charge is 0.508 e. The number of rotatable bonds is 3. The summed E-state index contributed by atoms with van der Waals surface area (Å²) in [5.74, 6) is 0.660. The van der Waals surface area contributed by atoms with Gasteiger partial charge in [0.2, 0.25) is 9.84 Å². The Hall–Kier alpha value is -0.940. The topological polar surface area (TPSA) is 54.4 Å². The van der Waals surface area contributed by atoms with Gasteiger partial charge in [0.05, 0.1) is 4.90 Å². The van der Waals surface area contributed by atoms with Gasteiger partial charge in [0.1, 0.15) is 5.75 Å². The fourth-order valence-electron chi connectivity index (χ4n) is 1.69. The molecule has 1 heterocycles. The summed E-state index contributed by atoms with van der Waals surface area (Å²) in [5.41, 5.74) is 1.54. The summed E-state index contributed by atoms with van der Waals surface area (Å²) in [6, 6.07) is 4.50. The van der Waals surface area contributed by atoms with Gasteiger partial charge >= 0.3 is 0 Å². The van der Waals surface area contributed by atoms with Crippen molar-refractivity contribution in [2.45, 2.75) is 24.0 Å². The normalized spacial score (nSPS) is 17.0. The number of hydrogen-bond donors (Lipinski definition) is 1. The number of fused-ring (bicyclic) bond motifs is 1. The SMILES string of the molecule is CC(C)SCC1=CS(=O)(=O)c2cc(O)ccc21. The molecule has 1 aromatic carbocycles. The molecule has 0 spiro atoms. The average molecular weight is 270 g/mol. The van der Waals surface area contributed by atoms with E-state index in [1.807, 2.05) is 0 Å². The molecule has 0 unspecified atom stereocenters. The molecule has 3 nitrogen and oxygen atoms in total. The van der Waals surface area contributed by atoms with Crippen LogP contribution in [0.5, 0.6) is 5.75 Å². The van der Waals surface area contributed by atoms with E-state index in [0.29, 0.717) is 11.0 Å². The van der Waals surface area contributed by atoms with Crippen LogP contribution in [-0.2, 0) is 9.84 Å². The maximum absolute atomic E-state index is 11.9. The van der Waals surface area contributed by atoms with Crippen molar-refractivity contribution in [1.29, 1.82) is 0 Å². The maximum Gasteiger partial charge on any atom is 0.200 e. The lowest BCUT2D eigenvalue weighted by molar-refractivity contribution is 0.473. The minimum Gasteiger partial charge on any atom is -0.508 e. The molecule has 0 saturated carbocycles. The third-order valence-corrected chi connectivity index (χ3v) is 5.18. The summed E-state index contributed by atoms with van der Waals surface area (Å²) in [4.78, 5) is 0.219. The van der Waals surface area contributed by atoms with Crippen molar-refractivity contribution < 1.29 is 13.5 Å². The number of phenols is 1. The Kier molecular flexibility index (Phi) is 3.23. The number of hydrogen-bond acceptors (Lipinski definition) is 4. The Morgan fingerprint density at radius 3 is 2.71 bits per heavy atom. The van der Waals surface area contributed by atoms with Gasteiger partial charge in [0, 0.05) is 11.2 Å². The maximum atomic E-state index is 11.9. The zero-order chi connectivity index (χ0) is 12.6. The van der Waals surface area contributed by atoms with Gasteiger partial charge in [-0.2, -0.15) is 11.8 Å². The monoisotopic (exact) mass is 270 g/mol. The fraction of sp³-hybridized carbons (Fsp3) is 0.333. The standard InChI is InChI=1S/C12H14O3S2/c1-8(2)16-6-9-7-17(14,15)12-5-10(13)3-4-11(9)12/h3-5,7-8,13H,6H2,1-2H3. The molecule has 92 valence electrons. The summed E-state index contributed by atoms with van der Waals surface area (Å²) in [6.07, 6.45) is 0. The van der Waals surface area contributed by atoms with Gasteiger partial charge < -0.3 is 5.11 Å². The highest BCUT2D eigenvalue weighted by Gasteiger charge is 2.27. The van der Waals surface area contributed by atoms with Crippen molar-refractivity contribution in [1.82, 2.24) is 0 Å². The number of sulfone groups is 1. The van der Waals surface area contributed by atoms with E-state index < -0.39 is 9.84 Å². The van der Waals surface area contributed by atoms with Crippen molar-refractivity contribution in [3.63, 3.8) is 0 Å². The quantitative estimate of drug-likeness (QED) is 0.917. The lowest BCUT2D eigenvalue weighted by atomic mass is 10.1. The Morgan fingerprint density at radius 1 is 1.35 bits per heavy atom. The van der Waals surface area contributed by atoms with E-state index in [9.17, 15) is 13.5 Å². The minimum absolute atomic E-state index is 0.0153. The molecule has 0 bridgehead atoms. The van der Waals surface area contributed by atoms with Gasteiger partial charge in [0.15, 0.2) is 0 Å². The van der Waals surface area contributed by atoms with Gasteiger partial charge in [0.25, 0.3) is 0 Å². The molecule has 0 saturated heterocycles. The van der Waals surface area contributed by atoms with Crippen molar-refractivity contribution >= 4 is 27.2 Å². The minimum atomic E-state index is -3.36. The van der Waals surface area contributed by atoms with Crippen LogP contribution in [0.4, 0.5) is 0 Å². The summed E-state index contributed by atoms with van der Waals surface area (Å²) >= 11 is 1.70. The molecule has 5 heteroatoms. The van der Waals surface area contributed by atoms with Crippen LogP contribution in [-0.4, -0.2) is 24.5 Å². The Bertz CT molecular complexity index is 571. The molecule has 1 N–H and O–H groups in total. The number of thioether (sulfide) groups is 1. The molecule has 17 heavy (non-hydrogen) atoms. The smallest absolute Gasteiger partial charge is 0.200 e. The van der Waals surface area contributed by atoms with E-state index in [0.717, 1.165) is 11.1 Å². The van der Waals surface area contributed by atoms with Crippen LogP contribution in [0.1, 0.15) is 19.4 Å². The van der Waals surface area contributed by atoms with Crippen molar-refractivity contribution in [3.8, 4) is 5.75 Å². The molecule has 2 rings (SSSR count). The second-order valence-corrected chi connectivity index (χ2v) is 7.56. The second-order valence-electron chi connectivity index (χ2n) is 4.23. The van der Waals surface area contributed by atoms with Crippen LogP contribution in [0.25, 0.3) is 5.57 Å². The van der Waals surface area contributed by atoms with Crippen molar-refractivity contribution in [3.05, 3.63) is 29.2 Å². The first kappa shape index (κ1) is 12.5. The molecule has 1 aliphatic heterocycles. The Labute approximate surface area is 105 Å². The van der Waals surface area contributed by atoms with E-state index in [4.69, 9.17) is 0 Å². The number of phenolic OH excluding ortho intramolecular Hbond substituents is 1. The fourth-order valence-corrected chi connectivity index (χ4v) is 4.05. The molecule has 1 aromatic rings. The van der Waals surface area contributed by atoms with E-state index in [1.165, 1.54) is 17.5 Å². The molecular weight excluding hydrogens is 256 g/mol. The van der Waals surface area contributed by atoms with Crippen LogP contribution in [0.3, 0.4) is 0 Å². The van der Waals surface area contributed by atoms with E-state index in [2.05, 4.69) is 13.8 Å². The van der Waals surface area contributed by atoms with E-state index in [-0.39, 0.29) is 10.6 Å². The molecule has 0 aromatic heterocycles. The lowest BCUT2D eigenvalue weighted by Crippen LogP contribution is -1.93. The highest BCUT2D eigenvalue weighted by atomic mass is 32.2. The van der Waals surface area contributed by atoms with Crippen LogP contribution < -0.4 is 0 Å². The van der Waals surface area contributed by atoms with Crippen molar-refractivity contribution in [2.75, 3.05) is 5.75 Å². The number of aromatic hydroxyl groups is 1. The third-order valence-electron chi connectivity index (χ3n) is 2.49. The first-order chi connectivity index (χ1) is 7.90. The molecule has 0 aliphatic carbocycles. The van der Waals surface area contributed by atoms with Gasteiger partial charge in [-0.05, 0) is 34.6 Å². The third kappa shape index (κ3) is 2.50. The zero-order valence-electron chi connectivity index (χ0n) is 9.67. The summed E-state index contributed by atoms with van der Waals surface area (Å²) in [6.45, 7) is 4.15. The van der Waals surface area contributed by atoms with Gasteiger partial charge in [-0.1, -0.05) is 13.8 Å². The van der Waals surface area contributed by atoms with Crippen LogP contribution in [0.2, 0.25) is 0 Å². The van der Waals surface area contributed by atoms with E-state index in [1.54, 1.807) is 17.8 Å². The summed E-state index contributed by atoms with van der Waals surface area (Å²) < 4.78 is 23.7. The molecule has 0 radical (unpaired) electrons. The predicted octanol–water partition coefficient (Wildman–Crippen LogP) is 2.66.